The summed E-state index contributed by atoms with van der Waals surface area (Å²) in [4.78, 5) is 0. The molecule has 0 atom stereocenters. The Morgan fingerprint density at radius 2 is 1.00 bits per heavy atom. The van der Waals surface area contributed by atoms with Crippen LogP contribution in [0.2, 0.25) is 0 Å². The third-order valence-electron chi connectivity index (χ3n) is 3.65. The molecule has 4 rings (SSSR count). The monoisotopic (exact) mass is 272 g/mol. The Balaban J connectivity index is 2.24. The van der Waals surface area contributed by atoms with E-state index in [9.17, 15) is 0 Å². The maximum Gasteiger partial charge on any atom is 0.0103 e. The highest BCUT2D eigenvalue weighted by atomic mass is 31.0. The third-order valence-corrected chi connectivity index (χ3v) is 4.91. The summed E-state index contributed by atoms with van der Waals surface area (Å²) in [6.45, 7) is 0. The normalized spacial score (nSPS) is 11.0. The van der Waals surface area contributed by atoms with Crippen molar-refractivity contribution in [1.82, 2.24) is 0 Å². The lowest BCUT2D eigenvalue weighted by Crippen LogP contribution is -1.82. The summed E-state index contributed by atoms with van der Waals surface area (Å²) in [5.74, 6) is 0. The van der Waals surface area contributed by atoms with E-state index in [2.05, 4.69) is 78.9 Å². The Morgan fingerprint density at radius 3 is 1.60 bits per heavy atom. The second kappa shape index (κ2) is 4.74. The van der Waals surface area contributed by atoms with Gasteiger partial charge in [0.1, 0.15) is 0 Å². The van der Waals surface area contributed by atoms with Crippen LogP contribution in [0, 0.1) is 0 Å². The molecule has 94 valence electrons. The summed E-state index contributed by atoms with van der Waals surface area (Å²) in [6.07, 6.45) is 0. The highest BCUT2D eigenvalue weighted by Gasteiger charge is 2.09. The molecule has 0 nitrogen and oxygen atoms in total. The van der Waals surface area contributed by atoms with Crippen molar-refractivity contribution in [1.29, 1.82) is 0 Å². The summed E-state index contributed by atoms with van der Waals surface area (Å²) in [5.41, 5.74) is 2.65. The minimum atomic E-state index is 1.29. The third kappa shape index (κ3) is 1.81. The largest absolute Gasteiger partial charge is 0.0622 e. The van der Waals surface area contributed by atoms with E-state index in [1.165, 1.54) is 40.3 Å². The molecule has 4 aromatic rings. The molecule has 0 aliphatic carbocycles. The molecule has 0 fully saturated rings. The molecular formula is C19H13P. The van der Waals surface area contributed by atoms with Gasteiger partial charge in [-0.3, -0.25) is 0 Å². The fourth-order valence-electron chi connectivity index (χ4n) is 2.76. The first-order chi connectivity index (χ1) is 9.93. The van der Waals surface area contributed by atoms with Crippen LogP contribution in [0.4, 0.5) is 0 Å². The van der Waals surface area contributed by atoms with Crippen molar-refractivity contribution < 1.29 is 0 Å². The van der Waals surface area contributed by atoms with Crippen molar-refractivity contribution in [2.45, 2.75) is 0 Å². The average Bonchev–Trinajstić information content (AvgIpc) is 2.53. The van der Waals surface area contributed by atoms with Crippen LogP contribution in [-0.4, -0.2) is 0 Å². The van der Waals surface area contributed by atoms with Crippen molar-refractivity contribution >= 4 is 29.2 Å². The van der Waals surface area contributed by atoms with Gasteiger partial charge >= 0.3 is 0 Å². The van der Waals surface area contributed by atoms with E-state index in [0.29, 0.717) is 0 Å². The van der Waals surface area contributed by atoms with Crippen molar-refractivity contribution in [2.24, 2.45) is 0 Å². The van der Waals surface area contributed by atoms with Gasteiger partial charge in [-0.05, 0) is 34.0 Å². The van der Waals surface area contributed by atoms with Gasteiger partial charge in [0.2, 0.25) is 0 Å². The molecule has 0 aliphatic rings. The first kappa shape index (κ1) is 11.6. The number of rotatable bonds is 1. The Kier molecular flexibility index (Phi) is 2.76. The van der Waals surface area contributed by atoms with Gasteiger partial charge < -0.3 is 0 Å². The van der Waals surface area contributed by atoms with Crippen molar-refractivity contribution in [3.63, 3.8) is 0 Å². The molecule has 0 saturated heterocycles. The number of hydrogen-bond acceptors (Lipinski definition) is 0. The lowest BCUT2D eigenvalue weighted by Gasteiger charge is -2.11. The average molecular weight is 272 g/mol. The molecule has 0 aliphatic heterocycles. The zero-order chi connectivity index (χ0) is 13.4. The van der Waals surface area contributed by atoms with Crippen LogP contribution in [-0.2, 0) is 0 Å². The highest BCUT2D eigenvalue weighted by molar-refractivity contribution is 7.43. The maximum absolute atomic E-state index is 2.24. The van der Waals surface area contributed by atoms with E-state index in [1.807, 2.05) is 0 Å². The van der Waals surface area contributed by atoms with Crippen LogP contribution in [0.1, 0.15) is 0 Å². The first-order valence-corrected chi connectivity index (χ1v) is 7.66. The van der Waals surface area contributed by atoms with Crippen LogP contribution in [0.5, 0.6) is 0 Å². The van der Waals surface area contributed by atoms with E-state index in [-0.39, 0.29) is 0 Å². The van der Waals surface area contributed by atoms with Gasteiger partial charge in [-0.1, -0.05) is 74.9 Å². The molecule has 20 heavy (non-hydrogen) atoms. The van der Waals surface area contributed by atoms with Crippen molar-refractivity contribution in [3.05, 3.63) is 78.9 Å². The fourth-order valence-corrected chi connectivity index (χ4v) is 3.95. The predicted molar refractivity (Wildman–Crippen MR) is 89.4 cm³/mol. The first-order valence-electron chi connectivity index (χ1n) is 6.76. The standard InChI is InChI=1S/C19H13P/c1-2-8-14(9-3-1)19-15-10-4-6-12-17(15)20-18-13-7-5-11-16(18)19/h1-13H. The van der Waals surface area contributed by atoms with Crippen molar-refractivity contribution in [2.75, 3.05) is 0 Å². The van der Waals surface area contributed by atoms with Crippen LogP contribution in [0.15, 0.2) is 78.9 Å². The molecule has 0 amide bonds. The Hall–Kier alpha value is -2.17. The second-order valence-corrected chi connectivity index (χ2v) is 6.07. The van der Waals surface area contributed by atoms with E-state index < -0.39 is 0 Å². The van der Waals surface area contributed by atoms with E-state index in [1.54, 1.807) is 0 Å². The molecule has 1 heterocycles. The molecule has 0 saturated carbocycles. The lowest BCUT2D eigenvalue weighted by molar-refractivity contribution is 1.68. The molecular weight excluding hydrogens is 259 g/mol. The molecule has 0 N–H and O–H groups in total. The second-order valence-electron chi connectivity index (χ2n) is 4.89. The topological polar surface area (TPSA) is 0 Å². The zero-order valence-corrected chi connectivity index (χ0v) is 11.8. The molecule has 3 aromatic carbocycles. The van der Waals surface area contributed by atoms with Crippen LogP contribution in [0.25, 0.3) is 32.1 Å². The van der Waals surface area contributed by atoms with Crippen LogP contribution >= 0.6 is 8.19 Å². The molecule has 1 aromatic heterocycles. The smallest absolute Gasteiger partial charge is 0.0103 e. The minimum Gasteiger partial charge on any atom is -0.0622 e. The van der Waals surface area contributed by atoms with Gasteiger partial charge in [0.25, 0.3) is 0 Å². The van der Waals surface area contributed by atoms with E-state index in [0.717, 1.165) is 0 Å². The minimum absolute atomic E-state index is 1.29. The summed E-state index contributed by atoms with van der Waals surface area (Å²) >= 11 is 0. The highest BCUT2D eigenvalue weighted by Crippen LogP contribution is 2.41. The molecule has 1 heteroatoms. The zero-order valence-electron chi connectivity index (χ0n) is 11.0. The van der Waals surface area contributed by atoms with Gasteiger partial charge in [0.15, 0.2) is 0 Å². The fraction of sp³-hybridized carbons (Fsp3) is 0. The van der Waals surface area contributed by atoms with Gasteiger partial charge in [0, 0.05) is 10.2 Å². The number of benzene rings is 3. The molecule has 0 spiro atoms. The Labute approximate surface area is 119 Å². The maximum atomic E-state index is 2.24. The molecule has 0 bridgehead atoms. The van der Waals surface area contributed by atoms with Gasteiger partial charge in [-0.15, -0.1) is 0 Å². The van der Waals surface area contributed by atoms with Gasteiger partial charge in [0.05, 0.1) is 0 Å². The summed E-state index contributed by atoms with van der Waals surface area (Å²) in [5, 5.41) is 5.51. The summed E-state index contributed by atoms with van der Waals surface area (Å²) in [6, 6.07) is 28.1. The van der Waals surface area contributed by atoms with Gasteiger partial charge in [-0.2, -0.15) is 0 Å². The summed E-state index contributed by atoms with van der Waals surface area (Å²) in [7, 11) is 1.31. The predicted octanol–water partition coefficient (Wildman–Crippen LogP) is 6.24. The number of hydrogen-bond donors (Lipinski definition) is 0. The Bertz CT molecular complexity index is 841. The number of fused-ring (bicyclic) bond motifs is 2. The van der Waals surface area contributed by atoms with E-state index in [4.69, 9.17) is 0 Å². The SMILES string of the molecule is c1ccc(-c2c3ccccc3pc3ccccc23)cc1. The Morgan fingerprint density at radius 1 is 0.500 bits per heavy atom. The quantitative estimate of drug-likeness (QED) is 0.360. The lowest BCUT2D eigenvalue weighted by atomic mass is 9.99. The molecule has 0 radical (unpaired) electrons. The van der Waals surface area contributed by atoms with E-state index >= 15 is 0 Å². The van der Waals surface area contributed by atoms with Crippen LogP contribution < -0.4 is 0 Å². The summed E-state index contributed by atoms with van der Waals surface area (Å²) < 4.78 is 0. The van der Waals surface area contributed by atoms with Crippen molar-refractivity contribution in [3.8, 4) is 11.1 Å². The van der Waals surface area contributed by atoms with Gasteiger partial charge in [-0.25, -0.2) is 0 Å². The molecule has 0 unspecified atom stereocenters. The van der Waals surface area contributed by atoms with Crippen LogP contribution in [0.3, 0.4) is 0 Å².